The average Bonchev–Trinajstić information content (AvgIpc) is 3.60. The van der Waals surface area contributed by atoms with Gasteiger partial charge in [0.25, 0.3) is 0 Å². The molecule has 2 aliphatic rings. The second-order valence-corrected chi connectivity index (χ2v) is 11.9. The number of nitrogens with zero attached hydrogens (tertiary/aromatic N) is 2. The van der Waals surface area contributed by atoms with E-state index in [1.165, 1.54) is 97.3 Å². The molecule has 0 atom stereocenters. The zero-order chi connectivity index (χ0) is 26.5. The van der Waals surface area contributed by atoms with Gasteiger partial charge in [0, 0.05) is 42.1 Å². The van der Waals surface area contributed by atoms with Crippen LogP contribution in [0.3, 0.4) is 0 Å². The van der Waals surface area contributed by atoms with E-state index < -0.39 is 0 Å². The van der Waals surface area contributed by atoms with E-state index in [1.807, 2.05) is 12.1 Å². The number of furan rings is 1. The zero-order valence-electron chi connectivity index (χ0n) is 23.4. The van der Waals surface area contributed by atoms with Crippen molar-refractivity contribution in [3.63, 3.8) is 0 Å². The molecule has 0 unspecified atom stereocenters. The Morgan fingerprint density at radius 3 is 2.22 bits per heavy atom. The molecule has 0 aliphatic heterocycles. The summed E-state index contributed by atoms with van der Waals surface area (Å²) in [6.07, 6.45) is 12.8. The molecule has 41 heavy (non-hydrogen) atoms. The standard InChI is InChI=1S/C37H35N2O.Ir/c1-4-14-25(15-5-1)29-24-30-28-20-10-13-23-33(28)40-36(30)34(26-16-6-2-7-17-26)35(29)39-32-22-12-11-21-31(32)38-37(39)27-18-8-3-9-19-27;/h3,8-13,18,20-26H,1-2,4-7,14-17H2;/q-1;. The number of para-hydroxylation sites is 3. The summed E-state index contributed by atoms with van der Waals surface area (Å²) in [5, 5.41) is 2.53. The quantitative estimate of drug-likeness (QED) is 0.170. The Bertz CT molecular complexity index is 1820. The molecule has 0 N–H and O–H groups in total. The molecule has 0 amide bonds. The van der Waals surface area contributed by atoms with Crippen molar-refractivity contribution in [2.45, 2.75) is 76.0 Å². The van der Waals surface area contributed by atoms with Crippen molar-refractivity contribution >= 4 is 33.0 Å². The van der Waals surface area contributed by atoms with E-state index >= 15 is 0 Å². The Labute approximate surface area is 255 Å². The predicted octanol–water partition coefficient (Wildman–Crippen LogP) is 10.5. The molecule has 1 radical (unpaired) electrons. The number of imidazole rings is 1. The predicted molar refractivity (Wildman–Crippen MR) is 164 cm³/mol. The Morgan fingerprint density at radius 1 is 0.732 bits per heavy atom. The number of rotatable bonds is 4. The first kappa shape index (κ1) is 26.7. The summed E-state index contributed by atoms with van der Waals surface area (Å²) < 4.78 is 9.32. The van der Waals surface area contributed by atoms with Crippen molar-refractivity contribution in [2.75, 3.05) is 0 Å². The number of fused-ring (bicyclic) bond motifs is 4. The van der Waals surface area contributed by atoms with Crippen molar-refractivity contribution in [1.29, 1.82) is 0 Å². The van der Waals surface area contributed by atoms with Crippen LogP contribution in [0.2, 0.25) is 0 Å². The fourth-order valence-corrected chi connectivity index (χ4v) is 7.61. The van der Waals surface area contributed by atoms with E-state index in [-0.39, 0.29) is 20.1 Å². The van der Waals surface area contributed by atoms with Crippen LogP contribution in [-0.2, 0) is 20.1 Å². The van der Waals surface area contributed by atoms with Gasteiger partial charge in [-0.1, -0.05) is 68.9 Å². The third-order valence-corrected chi connectivity index (χ3v) is 9.50. The Morgan fingerprint density at radius 2 is 1.44 bits per heavy atom. The van der Waals surface area contributed by atoms with Crippen LogP contribution in [0, 0.1) is 6.07 Å². The van der Waals surface area contributed by atoms with E-state index in [1.54, 1.807) is 0 Å². The van der Waals surface area contributed by atoms with Crippen LogP contribution in [0.1, 0.15) is 87.2 Å². The molecule has 0 bridgehead atoms. The van der Waals surface area contributed by atoms with Crippen molar-refractivity contribution in [3.8, 4) is 17.1 Å². The molecule has 6 aromatic rings. The summed E-state index contributed by atoms with van der Waals surface area (Å²) in [5.74, 6) is 1.99. The van der Waals surface area contributed by atoms with Gasteiger partial charge >= 0.3 is 0 Å². The van der Waals surface area contributed by atoms with Gasteiger partial charge in [-0.15, -0.1) is 35.9 Å². The van der Waals surface area contributed by atoms with Gasteiger partial charge in [0.2, 0.25) is 0 Å². The molecule has 2 aliphatic carbocycles. The van der Waals surface area contributed by atoms with Crippen molar-refractivity contribution in [3.05, 3.63) is 96.1 Å². The van der Waals surface area contributed by atoms with E-state index in [0.717, 1.165) is 28.1 Å². The van der Waals surface area contributed by atoms with Crippen molar-refractivity contribution < 1.29 is 24.5 Å². The molecular formula is C37H35IrN2O-. The van der Waals surface area contributed by atoms with Crippen LogP contribution in [0.5, 0.6) is 0 Å². The number of aromatic nitrogens is 2. The molecular weight excluding hydrogens is 681 g/mol. The number of benzene rings is 4. The maximum atomic E-state index is 6.83. The Balaban J connectivity index is 0.00000276. The van der Waals surface area contributed by atoms with Crippen LogP contribution in [0.4, 0.5) is 0 Å². The summed E-state index contributed by atoms with van der Waals surface area (Å²) in [5.41, 5.74) is 9.55. The van der Waals surface area contributed by atoms with Gasteiger partial charge in [-0.05, 0) is 67.3 Å². The van der Waals surface area contributed by atoms with Gasteiger partial charge in [0.15, 0.2) is 0 Å². The minimum atomic E-state index is 0. The van der Waals surface area contributed by atoms with Gasteiger partial charge in [-0.3, -0.25) is 4.98 Å². The zero-order valence-corrected chi connectivity index (χ0v) is 25.8. The monoisotopic (exact) mass is 716 g/mol. The van der Waals surface area contributed by atoms with Crippen molar-refractivity contribution in [1.82, 2.24) is 9.55 Å². The van der Waals surface area contributed by atoms with Crippen LogP contribution in [0.15, 0.2) is 83.3 Å². The van der Waals surface area contributed by atoms with Gasteiger partial charge < -0.3 is 8.98 Å². The second kappa shape index (κ2) is 11.2. The summed E-state index contributed by atoms with van der Waals surface area (Å²) >= 11 is 0. The molecule has 209 valence electrons. The van der Waals surface area contributed by atoms with Gasteiger partial charge in [0.05, 0.1) is 16.9 Å². The van der Waals surface area contributed by atoms with E-state index in [2.05, 4.69) is 77.4 Å². The fraction of sp³-hybridized carbons (Fsp3) is 0.324. The van der Waals surface area contributed by atoms with Crippen LogP contribution >= 0.6 is 0 Å². The van der Waals surface area contributed by atoms with Crippen LogP contribution < -0.4 is 0 Å². The van der Waals surface area contributed by atoms with Gasteiger partial charge in [-0.25, -0.2) is 0 Å². The Hall–Kier alpha value is -3.20. The molecule has 0 saturated heterocycles. The molecule has 4 heteroatoms. The molecule has 8 rings (SSSR count). The van der Waals surface area contributed by atoms with Gasteiger partial charge in [0.1, 0.15) is 11.2 Å². The third-order valence-electron chi connectivity index (χ3n) is 9.50. The maximum Gasteiger partial charge on any atom is 0.140 e. The molecule has 0 spiro atoms. The second-order valence-electron chi connectivity index (χ2n) is 11.9. The number of hydrogen-bond donors (Lipinski definition) is 0. The fourth-order valence-electron chi connectivity index (χ4n) is 7.61. The first-order valence-electron chi connectivity index (χ1n) is 15.3. The van der Waals surface area contributed by atoms with Crippen LogP contribution in [-0.4, -0.2) is 9.55 Å². The maximum absolute atomic E-state index is 6.83. The van der Waals surface area contributed by atoms with Crippen LogP contribution in [0.25, 0.3) is 50.0 Å². The molecule has 3 nitrogen and oxygen atoms in total. The summed E-state index contributed by atoms with van der Waals surface area (Å²) in [7, 11) is 0. The first-order valence-corrected chi connectivity index (χ1v) is 15.3. The smallest absolute Gasteiger partial charge is 0.140 e. The molecule has 2 aromatic heterocycles. The largest absolute Gasteiger partial charge is 0.456 e. The van der Waals surface area contributed by atoms with E-state index in [9.17, 15) is 0 Å². The van der Waals surface area contributed by atoms with Crippen molar-refractivity contribution in [2.24, 2.45) is 0 Å². The van der Waals surface area contributed by atoms with E-state index in [4.69, 9.17) is 9.40 Å². The first-order chi connectivity index (χ1) is 19.9. The summed E-state index contributed by atoms with van der Waals surface area (Å²) in [4.78, 5) is 5.26. The average molecular weight is 716 g/mol. The van der Waals surface area contributed by atoms with Gasteiger partial charge in [-0.2, -0.15) is 0 Å². The minimum Gasteiger partial charge on any atom is -0.456 e. The SMILES string of the molecule is [Ir].[c-]1ccccc1-c1nc2ccccc2n1-c1c(C2CCCCC2)cc2c(oc3ccccc32)c1C1CCCCC1. The third kappa shape index (κ3) is 4.57. The molecule has 2 saturated carbocycles. The Kier molecular flexibility index (Phi) is 7.31. The molecule has 2 fully saturated rings. The minimum absolute atomic E-state index is 0. The van der Waals surface area contributed by atoms with E-state index in [0.29, 0.717) is 11.8 Å². The summed E-state index contributed by atoms with van der Waals surface area (Å²) in [6, 6.07) is 31.6. The topological polar surface area (TPSA) is 31.0 Å². The molecule has 2 heterocycles. The summed E-state index contributed by atoms with van der Waals surface area (Å²) in [6.45, 7) is 0. The number of hydrogen-bond acceptors (Lipinski definition) is 2. The molecule has 4 aromatic carbocycles. The normalized spacial score (nSPS) is 16.9.